The van der Waals surface area contributed by atoms with Crippen molar-refractivity contribution in [3.05, 3.63) is 68.5 Å². The summed E-state index contributed by atoms with van der Waals surface area (Å²) in [5.74, 6) is -0.255. The molecule has 0 unspecified atom stereocenters. The van der Waals surface area contributed by atoms with Crippen LogP contribution in [0.25, 0.3) is 10.2 Å². The Hall–Kier alpha value is -2.84. The molecule has 3 aromatic rings. The Morgan fingerprint density at radius 1 is 1.25 bits per heavy atom. The number of hydrogen-bond acceptors (Lipinski definition) is 5. The van der Waals surface area contributed by atoms with Crippen LogP contribution in [0.2, 0.25) is 0 Å². The van der Waals surface area contributed by atoms with Gasteiger partial charge in [-0.2, -0.15) is 4.99 Å². The van der Waals surface area contributed by atoms with E-state index in [4.69, 9.17) is 4.74 Å². The highest BCUT2D eigenvalue weighted by Crippen LogP contribution is 2.23. The van der Waals surface area contributed by atoms with Crippen molar-refractivity contribution in [1.82, 2.24) is 4.57 Å². The minimum Gasteiger partial charge on any atom is -0.380 e. The maximum Gasteiger partial charge on any atom is 0.270 e. The van der Waals surface area contributed by atoms with Crippen molar-refractivity contribution < 1.29 is 14.5 Å². The maximum absolute atomic E-state index is 12.5. The van der Waals surface area contributed by atoms with E-state index < -0.39 is 4.92 Å². The quantitative estimate of drug-likeness (QED) is 0.345. The normalized spacial score (nSPS) is 11.9. The van der Waals surface area contributed by atoms with Crippen LogP contribution in [0.15, 0.2) is 47.5 Å². The standard InChI is InChI=1S/C20H21N3O4S/c1-3-27-11-10-22-17-9-8-16(23(25)26)13-18(17)28-20(22)21-19(24)12-15-6-4-14(2)5-7-15/h4-9,13H,3,10-12H2,1-2H3. The minimum absolute atomic E-state index is 0.0169. The number of aromatic nitrogens is 1. The van der Waals surface area contributed by atoms with Crippen molar-refractivity contribution in [2.24, 2.45) is 4.99 Å². The Bertz CT molecular complexity index is 1070. The summed E-state index contributed by atoms with van der Waals surface area (Å²) in [4.78, 5) is 27.9. The highest BCUT2D eigenvalue weighted by molar-refractivity contribution is 7.16. The minimum atomic E-state index is -0.428. The molecule has 8 heteroatoms. The SMILES string of the molecule is CCOCCn1c(=NC(=O)Cc2ccc(C)cc2)sc2cc([N+](=O)[O-])ccc21. The molecule has 3 rings (SSSR count). The lowest BCUT2D eigenvalue weighted by Crippen LogP contribution is -2.20. The van der Waals surface area contributed by atoms with Crippen LogP contribution in [-0.2, 0) is 22.5 Å². The van der Waals surface area contributed by atoms with E-state index in [0.717, 1.165) is 16.6 Å². The summed E-state index contributed by atoms with van der Waals surface area (Å²) in [6.45, 7) is 5.48. The van der Waals surface area contributed by atoms with Gasteiger partial charge in [-0.25, -0.2) is 0 Å². The molecule has 0 bridgehead atoms. The third-order valence-corrected chi connectivity index (χ3v) is 5.28. The second-order valence-electron chi connectivity index (χ2n) is 6.31. The van der Waals surface area contributed by atoms with Crippen LogP contribution in [0.4, 0.5) is 5.69 Å². The molecule has 0 saturated heterocycles. The maximum atomic E-state index is 12.5. The zero-order chi connectivity index (χ0) is 20.1. The first-order valence-electron chi connectivity index (χ1n) is 8.96. The molecule has 0 aliphatic rings. The fourth-order valence-electron chi connectivity index (χ4n) is 2.80. The largest absolute Gasteiger partial charge is 0.380 e. The molecule has 1 heterocycles. The van der Waals surface area contributed by atoms with Crippen LogP contribution >= 0.6 is 11.3 Å². The highest BCUT2D eigenvalue weighted by Gasteiger charge is 2.13. The zero-order valence-electron chi connectivity index (χ0n) is 15.8. The Kier molecular flexibility index (Phi) is 6.33. The molecule has 1 amide bonds. The average Bonchev–Trinajstić information content (AvgIpc) is 3.00. The molecular weight excluding hydrogens is 378 g/mol. The number of thiazole rings is 1. The number of carbonyl (C=O) groups excluding carboxylic acids is 1. The third kappa shape index (κ3) is 4.71. The average molecular weight is 399 g/mol. The molecule has 0 spiro atoms. The summed E-state index contributed by atoms with van der Waals surface area (Å²) in [6.07, 6.45) is 0.208. The molecule has 0 atom stereocenters. The summed E-state index contributed by atoms with van der Waals surface area (Å²) < 4.78 is 8.03. The van der Waals surface area contributed by atoms with Gasteiger partial charge < -0.3 is 9.30 Å². The van der Waals surface area contributed by atoms with E-state index in [0.29, 0.717) is 29.3 Å². The fraction of sp³-hybridized carbons (Fsp3) is 0.300. The number of nitro groups is 1. The second-order valence-corrected chi connectivity index (χ2v) is 7.32. The van der Waals surface area contributed by atoms with Gasteiger partial charge >= 0.3 is 0 Å². The van der Waals surface area contributed by atoms with E-state index in [9.17, 15) is 14.9 Å². The predicted octanol–water partition coefficient (Wildman–Crippen LogP) is 3.63. The molecular formula is C20H21N3O4S. The number of benzene rings is 2. The number of rotatable bonds is 7. The number of carbonyl (C=O) groups is 1. The van der Waals surface area contributed by atoms with Crippen LogP contribution in [0, 0.1) is 17.0 Å². The van der Waals surface area contributed by atoms with E-state index in [1.54, 1.807) is 6.07 Å². The van der Waals surface area contributed by atoms with Crippen molar-refractivity contribution in [3.8, 4) is 0 Å². The molecule has 0 N–H and O–H groups in total. The van der Waals surface area contributed by atoms with Crippen molar-refractivity contribution in [3.63, 3.8) is 0 Å². The number of amides is 1. The first-order chi connectivity index (χ1) is 13.5. The fourth-order valence-corrected chi connectivity index (χ4v) is 3.91. The lowest BCUT2D eigenvalue weighted by Gasteiger charge is -2.05. The van der Waals surface area contributed by atoms with E-state index in [-0.39, 0.29) is 18.0 Å². The van der Waals surface area contributed by atoms with Gasteiger partial charge in [-0.1, -0.05) is 41.2 Å². The molecule has 0 aliphatic carbocycles. The van der Waals surface area contributed by atoms with Gasteiger partial charge in [-0.3, -0.25) is 14.9 Å². The van der Waals surface area contributed by atoms with Crippen molar-refractivity contribution in [1.29, 1.82) is 0 Å². The number of fused-ring (bicyclic) bond motifs is 1. The van der Waals surface area contributed by atoms with Gasteiger partial charge in [0.25, 0.3) is 11.6 Å². The van der Waals surface area contributed by atoms with E-state index in [1.807, 2.05) is 42.7 Å². The molecule has 2 aromatic carbocycles. The van der Waals surface area contributed by atoms with Crippen molar-refractivity contribution >= 4 is 33.1 Å². The van der Waals surface area contributed by atoms with Crippen LogP contribution in [0.3, 0.4) is 0 Å². The van der Waals surface area contributed by atoms with Gasteiger partial charge in [0.1, 0.15) is 0 Å². The summed E-state index contributed by atoms with van der Waals surface area (Å²) in [5, 5.41) is 11.1. The lowest BCUT2D eigenvalue weighted by atomic mass is 10.1. The van der Waals surface area contributed by atoms with Gasteiger partial charge in [-0.05, 0) is 25.5 Å². The summed E-state index contributed by atoms with van der Waals surface area (Å²) in [7, 11) is 0. The van der Waals surface area contributed by atoms with Crippen LogP contribution in [-0.4, -0.2) is 28.6 Å². The number of aryl methyl sites for hydroxylation is 1. The first-order valence-corrected chi connectivity index (χ1v) is 9.78. The molecule has 0 radical (unpaired) electrons. The summed E-state index contributed by atoms with van der Waals surface area (Å²) in [5.41, 5.74) is 2.85. The number of nitro benzene ring substituents is 1. The lowest BCUT2D eigenvalue weighted by molar-refractivity contribution is -0.384. The van der Waals surface area contributed by atoms with E-state index >= 15 is 0 Å². The first kappa shape index (κ1) is 19.9. The molecule has 0 saturated carbocycles. The molecule has 7 nitrogen and oxygen atoms in total. The third-order valence-electron chi connectivity index (χ3n) is 4.24. The Balaban J connectivity index is 1.97. The molecule has 28 heavy (non-hydrogen) atoms. The van der Waals surface area contributed by atoms with Gasteiger partial charge in [-0.15, -0.1) is 0 Å². The summed E-state index contributed by atoms with van der Waals surface area (Å²) >= 11 is 1.27. The van der Waals surface area contributed by atoms with Gasteiger partial charge in [0.2, 0.25) is 0 Å². The van der Waals surface area contributed by atoms with Gasteiger partial charge in [0.05, 0.1) is 28.2 Å². The van der Waals surface area contributed by atoms with E-state index in [1.165, 1.54) is 23.5 Å². The number of hydrogen-bond donors (Lipinski definition) is 0. The Labute approximate surface area is 166 Å². The Morgan fingerprint density at radius 3 is 2.68 bits per heavy atom. The Morgan fingerprint density at radius 2 is 2.00 bits per heavy atom. The molecule has 146 valence electrons. The van der Waals surface area contributed by atoms with Crippen molar-refractivity contribution in [2.45, 2.75) is 26.8 Å². The second kappa shape index (κ2) is 8.90. The molecule has 1 aromatic heterocycles. The van der Waals surface area contributed by atoms with Crippen LogP contribution < -0.4 is 4.80 Å². The van der Waals surface area contributed by atoms with E-state index in [2.05, 4.69) is 4.99 Å². The molecule has 0 aliphatic heterocycles. The zero-order valence-corrected chi connectivity index (χ0v) is 16.6. The van der Waals surface area contributed by atoms with Gasteiger partial charge in [0, 0.05) is 25.3 Å². The van der Waals surface area contributed by atoms with Crippen molar-refractivity contribution in [2.75, 3.05) is 13.2 Å². The monoisotopic (exact) mass is 399 g/mol. The summed E-state index contributed by atoms with van der Waals surface area (Å²) in [6, 6.07) is 12.4. The topological polar surface area (TPSA) is 86.7 Å². The number of nitrogens with zero attached hydrogens (tertiary/aromatic N) is 3. The van der Waals surface area contributed by atoms with Gasteiger partial charge in [0.15, 0.2) is 4.80 Å². The molecule has 0 fully saturated rings. The smallest absolute Gasteiger partial charge is 0.270 e. The van der Waals surface area contributed by atoms with Crippen LogP contribution in [0.1, 0.15) is 18.1 Å². The number of ether oxygens (including phenoxy) is 1. The predicted molar refractivity (Wildman–Crippen MR) is 108 cm³/mol. The van der Waals surface area contributed by atoms with Crippen LogP contribution in [0.5, 0.6) is 0 Å². The highest BCUT2D eigenvalue weighted by atomic mass is 32.1. The number of non-ortho nitro benzene ring substituents is 1.